The Morgan fingerprint density at radius 1 is 1.40 bits per heavy atom. The Balaban J connectivity index is 2.21. The number of nitrogens with two attached hydrogens (primary N) is 1. The van der Waals surface area contributed by atoms with Crippen LogP contribution in [-0.4, -0.2) is 54.1 Å². The van der Waals surface area contributed by atoms with E-state index in [0.717, 1.165) is 25.9 Å². The molecule has 1 aromatic rings. The molecule has 0 atom stereocenters. The van der Waals surface area contributed by atoms with Crippen LogP contribution in [0, 0.1) is 0 Å². The van der Waals surface area contributed by atoms with Crippen molar-refractivity contribution in [3.8, 4) is 5.88 Å². The summed E-state index contributed by atoms with van der Waals surface area (Å²) in [5.41, 5.74) is 6.47. The maximum Gasteiger partial charge on any atom is 0.242 e. The van der Waals surface area contributed by atoms with Gasteiger partial charge in [-0.2, -0.15) is 4.98 Å². The quantitative estimate of drug-likeness (QED) is 0.864. The van der Waals surface area contributed by atoms with Gasteiger partial charge >= 0.3 is 0 Å². The molecule has 1 saturated heterocycles. The highest BCUT2D eigenvalue weighted by molar-refractivity contribution is 5.83. The predicted octanol–water partition coefficient (Wildman–Crippen LogP) is 0.516. The molecule has 0 radical (unpaired) electrons. The van der Waals surface area contributed by atoms with E-state index < -0.39 is 0 Å². The van der Waals surface area contributed by atoms with Gasteiger partial charge in [-0.25, -0.2) is 4.98 Å². The zero-order valence-electron chi connectivity index (χ0n) is 12.0. The first-order valence-corrected chi connectivity index (χ1v) is 6.85. The van der Waals surface area contributed by atoms with E-state index >= 15 is 0 Å². The van der Waals surface area contributed by atoms with Crippen molar-refractivity contribution >= 4 is 17.4 Å². The van der Waals surface area contributed by atoms with Gasteiger partial charge in [0, 0.05) is 20.1 Å². The Morgan fingerprint density at radius 2 is 2.20 bits per heavy atom. The second-order valence-electron chi connectivity index (χ2n) is 4.85. The van der Waals surface area contributed by atoms with Gasteiger partial charge in [-0.15, -0.1) is 0 Å². The highest BCUT2D eigenvalue weighted by Gasteiger charge is 2.23. The van der Waals surface area contributed by atoms with Crippen LogP contribution in [0.15, 0.2) is 6.33 Å². The smallest absolute Gasteiger partial charge is 0.242 e. The molecular weight excluding hydrogens is 258 g/mol. The van der Waals surface area contributed by atoms with Gasteiger partial charge in [-0.3, -0.25) is 4.79 Å². The fraction of sp³-hybridized carbons (Fsp3) is 0.615. The fourth-order valence-corrected chi connectivity index (χ4v) is 2.10. The van der Waals surface area contributed by atoms with E-state index in [4.69, 9.17) is 10.5 Å². The first kappa shape index (κ1) is 14.4. The van der Waals surface area contributed by atoms with Crippen molar-refractivity contribution in [1.82, 2.24) is 14.9 Å². The Morgan fingerprint density at radius 3 is 2.95 bits per heavy atom. The number of ether oxygens (including phenoxy) is 1. The van der Waals surface area contributed by atoms with Crippen molar-refractivity contribution in [2.45, 2.75) is 19.8 Å². The third kappa shape index (κ3) is 3.09. The molecule has 1 aromatic heterocycles. The number of nitrogens with zero attached hydrogens (tertiary/aromatic N) is 4. The SMILES string of the molecule is CCCOc1ncnc(N2CCCN(C)C(=O)C2)c1N. The van der Waals surface area contributed by atoms with E-state index in [1.54, 1.807) is 4.90 Å². The summed E-state index contributed by atoms with van der Waals surface area (Å²) < 4.78 is 5.50. The highest BCUT2D eigenvalue weighted by atomic mass is 16.5. The van der Waals surface area contributed by atoms with Crippen LogP contribution >= 0.6 is 0 Å². The van der Waals surface area contributed by atoms with Crippen LogP contribution in [0.2, 0.25) is 0 Å². The van der Waals surface area contributed by atoms with Gasteiger partial charge in [0.05, 0.1) is 13.2 Å². The normalized spacial score (nSPS) is 16.2. The number of rotatable bonds is 4. The number of carbonyl (C=O) groups is 1. The molecule has 110 valence electrons. The lowest BCUT2D eigenvalue weighted by atomic mass is 10.3. The number of nitrogen functional groups attached to an aromatic ring is 1. The van der Waals surface area contributed by atoms with E-state index in [2.05, 4.69) is 9.97 Å². The van der Waals surface area contributed by atoms with Gasteiger partial charge in [-0.1, -0.05) is 6.92 Å². The first-order valence-electron chi connectivity index (χ1n) is 6.85. The number of amides is 1. The third-order valence-corrected chi connectivity index (χ3v) is 3.24. The molecule has 0 saturated carbocycles. The monoisotopic (exact) mass is 279 g/mol. The lowest BCUT2D eigenvalue weighted by molar-refractivity contribution is -0.127. The molecular formula is C13H21N5O2. The molecule has 7 nitrogen and oxygen atoms in total. The van der Waals surface area contributed by atoms with E-state index in [9.17, 15) is 4.79 Å². The number of aromatic nitrogens is 2. The van der Waals surface area contributed by atoms with Gasteiger partial charge in [0.2, 0.25) is 11.8 Å². The Labute approximate surface area is 118 Å². The minimum absolute atomic E-state index is 0.0662. The molecule has 2 N–H and O–H groups in total. The molecule has 1 fully saturated rings. The molecule has 1 aliphatic rings. The van der Waals surface area contributed by atoms with Crippen molar-refractivity contribution in [2.24, 2.45) is 0 Å². The topological polar surface area (TPSA) is 84.6 Å². The average Bonchev–Trinajstić information content (AvgIpc) is 2.60. The van der Waals surface area contributed by atoms with Gasteiger partial charge in [-0.05, 0) is 12.8 Å². The van der Waals surface area contributed by atoms with E-state index in [1.807, 2.05) is 18.9 Å². The maximum absolute atomic E-state index is 11.9. The van der Waals surface area contributed by atoms with Crippen molar-refractivity contribution in [2.75, 3.05) is 43.9 Å². The summed E-state index contributed by atoms with van der Waals surface area (Å²) in [6.45, 7) is 4.35. The van der Waals surface area contributed by atoms with Crippen LogP contribution in [0.1, 0.15) is 19.8 Å². The summed E-state index contributed by atoms with van der Waals surface area (Å²) in [5.74, 6) is 1.04. The van der Waals surface area contributed by atoms with Gasteiger partial charge in [0.25, 0.3) is 0 Å². The predicted molar refractivity (Wildman–Crippen MR) is 76.7 cm³/mol. The van der Waals surface area contributed by atoms with Crippen LogP contribution < -0.4 is 15.4 Å². The Kier molecular flexibility index (Phi) is 4.60. The molecule has 2 rings (SSSR count). The summed E-state index contributed by atoms with van der Waals surface area (Å²) >= 11 is 0. The van der Waals surface area contributed by atoms with Crippen LogP contribution in [0.25, 0.3) is 0 Å². The van der Waals surface area contributed by atoms with Crippen molar-refractivity contribution in [3.05, 3.63) is 6.33 Å². The summed E-state index contributed by atoms with van der Waals surface area (Å²) in [7, 11) is 1.81. The van der Waals surface area contributed by atoms with Crippen LogP contribution in [0.4, 0.5) is 11.5 Å². The summed E-state index contributed by atoms with van der Waals surface area (Å²) in [5, 5.41) is 0. The second kappa shape index (κ2) is 6.40. The van der Waals surface area contributed by atoms with Crippen LogP contribution in [0.5, 0.6) is 5.88 Å². The minimum atomic E-state index is 0.0662. The van der Waals surface area contributed by atoms with Crippen LogP contribution in [-0.2, 0) is 4.79 Å². The maximum atomic E-state index is 11.9. The van der Waals surface area contributed by atoms with E-state index in [-0.39, 0.29) is 12.5 Å². The lowest BCUT2D eigenvalue weighted by Crippen LogP contribution is -2.35. The Bertz CT molecular complexity index is 480. The summed E-state index contributed by atoms with van der Waals surface area (Å²) in [6.07, 6.45) is 3.19. The lowest BCUT2D eigenvalue weighted by Gasteiger charge is -2.22. The summed E-state index contributed by atoms with van der Waals surface area (Å²) in [6, 6.07) is 0. The molecule has 7 heteroatoms. The molecule has 20 heavy (non-hydrogen) atoms. The number of hydrogen-bond donors (Lipinski definition) is 1. The fourth-order valence-electron chi connectivity index (χ4n) is 2.10. The van der Waals surface area contributed by atoms with E-state index in [1.165, 1.54) is 6.33 Å². The van der Waals surface area contributed by atoms with Gasteiger partial charge in [0.1, 0.15) is 12.0 Å². The second-order valence-corrected chi connectivity index (χ2v) is 4.85. The largest absolute Gasteiger partial charge is 0.476 e. The van der Waals surface area contributed by atoms with Crippen molar-refractivity contribution in [3.63, 3.8) is 0 Å². The zero-order chi connectivity index (χ0) is 14.5. The van der Waals surface area contributed by atoms with Gasteiger partial charge in [0.15, 0.2) is 5.82 Å². The Hall–Kier alpha value is -2.05. The summed E-state index contributed by atoms with van der Waals surface area (Å²) in [4.78, 5) is 23.8. The first-order chi connectivity index (χ1) is 9.63. The molecule has 0 unspecified atom stereocenters. The minimum Gasteiger partial charge on any atom is -0.476 e. The number of likely N-dealkylation sites (N-methyl/N-ethyl adjacent to an activating group) is 1. The molecule has 1 amide bonds. The molecule has 1 aliphatic heterocycles. The highest BCUT2D eigenvalue weighted by Crippen LogP contribution is 2.28. The van der Waals surface area contributed by atoms with Crippen molar-refractivity contribution < 1.29 is 9.53 Å². The molecule has 0 bridgehead atoms. The van der Waals surface area contributed by atoms with Gasteiger partial charge < -0.3 is 20.3 Å². The van der Waals surface area contributed by atoms with Crippen molar-refractivity contribution in [1.29, 1.82) is 0 Å². The van der Waals surface area contributed by atoms with E-state index in [0.29, 0.717) is 24.0 Å². The molecule has 2 heterocycles. The number of carbonyl (C=O) groups excluding carboxylic acids is 1. The average molecular weight is 279 g/mol. The molecule has 0 aliphatic carbocycles. The molecule has 0 aromatic carbocycles. The van der Waals surface area contributed by atoms with Crippen LogP contribution in [0.3, 0.4) is 0 Å². The third-order valence-electron chi connectivity index (χ3n) is 3.24. The molecule has 0 spiro atoms. The number of hydrogen-bond acceptors (Lipinski definition) is 6. The zero-order valence-corrected chi connectivity index (χ0v) is 12.0. The number of anilines is 2. The standard InChI is InChI=1S/C13H21N5O2/c1-3-7-20-13-11(14)12(15-9-16-13)18-6-4-5-17(2)10(19)8-18/h9H,3-8,14H2,1-2H3.